The van der Waals surface area contributed by atoms with E-state index in [-0.39, 0.29) is 43.6 Å². The van der Waals surface area contributed by atoms with Crippen molar-refractivity contribution in [1.29, 1.82) is 0 Å². The van der Waals surface area contributed by atoms with Gasteiger partial charge in [-0.2, -0.15) is 4.31 Å². The Hall–Kier alpha value is -4.78. The fraction of sp³-hybridized carbons (Fsp3) is 0.265. The molecule has 1 saturated heterocycles. The average Bonchev–Trinajstić information content (AvgIpc) is 3.11. The first-order chi connectivity index (χ1) is 22.3. The van der Waals surface area contributed by atoms with Gasteiger partial charge >= 0.3 is 0 Å². The van der Waals surface area contributed by atoms with E-state index in [1.165, 1.54) is 33.5 Å². The first kappa shape index (κ1) is 32.6. The SMILES string of the molecule is COc1ccc(CN(C(=O)COc2ccc(S(=O)(=O)N3CCOCC3)cc2)[C@H](C(=O)NCc2cccnc2)c2ccccc2)cc1. The number of amides is 2. The van der Waals surface area contributed by atoms with Gasteiger partial charge in [0, 0.05) is 38.6 Å². The first-order valence-electron chi connectivity index (χ1n) is 14.8. The summed E-state index contributed by atoms with van der Waals surface area (Å²) >= 11 is 0. The third-order valence-corrected chi connectivity index (χ3v) is 9.40. The molecule has 12 heteroatoms. The van der Waals surface area contributed by atoms with E-state index in [9.17, 15) is 18.0 Å². The highest BCUT2D eigenvalue weighted by Gasteiger charge is 2.32. The molecule has 46 heavy (non-hydrogen) atoms. The summed E-state index contributed by atoms with van der Waals surface area (Å²) in [5.41, 5.74) is 2.23. The number of hydrogen-bond acceptors (Lipinski definition) is 8. The van der Waals surface area contributed by atoms with Gasteiger partial charge < -0.3 is 24.4 Å². The Balaban J connectivity index is 1.37. The molecule has 240 valence electrons. The van der Waals surface area contributed by atoms with Crippen LogP contribution in [0.3, 0.4) is 0 Å². The second kappa shape index (κ2) is 15.5. The second-order valence-electron chi connectivity index (χ2n) is 10.5. The smallest absolute Gasteiger partial charge is 0.261 e. The molecule has 4 aromatic rings. The van der Waals surface area contributed by atoms with E-state index in [1.54, 1.807) is 49.8 Å². The normalized spacial score (nSPS) is 14.2. The highest BCUT2D eigenvalue weighted by Crippen LogP contribution is 2.26. The maximum Gasteiger partial charge on any atom is 0.261 e. The third-order valence-electron chi connectivity index (χ3n) is 7.49. The topological polar surface area (TPSA) is 127 Å². The minimum atomic E-state index is -3.67. The zero-order valence-corrected chi connectivity index (χ0v) is 26.3. The molecule has 0 bridgehead atoms. The molecule has 1 N–H and O–H groups in total. The van der Waals surface area contributed by atoms with Gasteiger partial charge in [-0.25, -0.2) is 8.42 Å². The number of nitrogens with one attached hydrogen (secondary N) is 1. The Labute approximate surface area is 268 Å². The standard InChI is InChI=1S/C34H36N4O7S/c1-43-29-11-9-26(10-12-29)24-38(33(28-7-3-2-4-8-28)34(40)36-23-27-6-5-17-35-22-27)32(39)25-45-30-13-15-31(16-14-30)46(41,42)37-18-20-44-21-19-37/h2-17,22,33H,18-21,23-25H2,1H3,(H,36,40)/t33-/m0/s1. The van der Waals surface area contributed by atoms with Crippen LogP contribution in [-0.4, -0.2) is 74.4 Å². The number of methoxy groups -OCH3 is 1. The average molecular weight is 645 g/mol. The minimum absolute atomic E-state index is 0.114. The van der Waals surface area contributed by atoms with Crippen LogP contribution >= 0.6 is 0 Å². The monoisotopic (exact) mass is 644 g/mol. The zero-order valence-electron chi connectivity index (χ0n) is 25.4. The number of aromatic nitrogens is 1. The Morgan fingerprint density at radius 2 is 1.61 bits per heavy atom. The van der Waals surface area contributed by atoms with E-state index in [1.807, 2.05) is 36.4 Å². The highest BCUT2D eigenvalue weighted by atomic mass is 32.2. The van der Waals surface area contributed by atoms with Crippen molar-refractivity contribution in [3.63, 3.8) is 0 Å². The molecule has 1 fully saturated rings. The maximum absolute atomic E-state index is 13.9. The number of pyridine rings is 1. The minimum Gasteiger partial charge on any atom is -0.497 e. The van der Waals surface area contributed by atoms with E-state index in [4.69, 9.17) is 14.2 Å². The van der Waals surface area contributed by atoms with Crippen molar-refractivity contribution in [1.82, 2.24) is 19.5 Å². The molecule has 2 amide bonds. The third kappa shape index (κ3) is 8.27. The van der Waals surface area contributed by atoms with Crippen LogP contribution in [0.25, 0.3) is 0 Å². The van der Waals surface area contributed by atoms with Gasteiger partial charge in [-0.1, -0.05) is 48.5 Å². The molecular formula is C34H36N4O7S. The van der Waals surface area contributed by atoms with E-state index in [0.29, 0.717) is 30.3 Å². The Morgan fingerprint density at radius 3 is 2.26 bits per heavy atom. The molecular weight excluding hydrogens is 608 g/mol. The first-order valence-corrected chi connectivity index (χ1v) is 16.2. The molecule has 1 aliphatic heterocycles. The summed E-state index contributed by atoms with van der Waals surface area (Å²) in [6.07, 6.45) is 3.33. The summed E-state index contributed by atoms with van der Waals surface area (Å²) in [7, 11) is -2.10. The lowest BCUT2D eigenvalue weighted by molar-refractivity contribution is -0.143. The van der Waals surface area contributed by atoms with Gasteiger partial charge in [0.25, 0.3) is 5.91 Å². The van der Waals surface area contributed by atoms with Crippen molar-refractivity contribution >= 4 is 21.8 Å². The Bertz CT molecular complexity index is 1680. The van der Waals surface area contributed by atoms with Crippen LogP contribution in [0.5, 0.6) is 11.5 Å². The van der Waals surface area contributed by atoms with Gasteiger partial charge in [0.1, 0.15) is 17.5 Å². The quantitative estimate of drug-likeness (QED) is 0.234. The fourth-order valence-corrected chi connectivity index (χ4v) is 6.43. The number of sulfonamides is 1. The van der Waals surface area contributed by atoms with Crippen LogP contribution in [0.4, 0.5) is 0 Å². The maximum atomic E-state index is 13.9. The van der Waals surface area contributed by atoms with Crippen molar-refractivity contribution in [2.75, 3.05) is 40.0 Å². The van der Waals surface area contributed by atoms with Crippen LogP contribution in [-0.2, 0) is 37.4 Å². The molecule has 1 atom stereocenters. The van der Waals surface area contributed by atoms with Gasteiger partial charge in [0.2, 0.25) is 15.9 Å². The lowest BCUT2D eigenvalue weighted by Gasteiger charge is -2.31. The highest BCUT2D eigenvalue weighted by molar-refractivity contribution is 7.89. The summed E-state index contributed by atoms with van der Waals surface area (Å²) in [6, 6.07) is 25.0. The number of hydrogen-bond donors (Lipinski definition) is 1. The molecule has 0 spiro atoms. The lowest BCUT2D eigenvalue weighted by atomic mass is 10.0. The van der Waals surface area contributed by atoms with Crippen molar-refractivity contribution in [2.24, 2.45) is 0 Å². The molecule has 0 saturated carbocycles. The molecule has 11 nitrogen and oxygen atoms in total. The van der Waals surface area contributed by atoms with Crippen molar-refractivity contribution in [3.05, 3.63) is 120 Å². The predicted octanol–water partition coefficient (Wildman–Crippen LogP) is 3.58. The molecule has 2 heterocycles. The van der Waals surface area contributed by atoms with Crippen LogP contribution in [0.2, 0.25) is 0 Å². The lowest BCUT2D eigenvalue weighted by Crippen LogP contribution is -2.45. The predicted molar refractivity (Wildman–Crippen MR) is 170 cm³/mol. The molecule has 0 unspecified atom stereocenters. The fourth-order valence-electron chi connectivity index (χ4n) is 5.02. The van der Waals surface area contributed by atoms with Gasteiger partial charge in [-0.15, -0.1) is 0 Å². The van der Waals surface area contributed by atoms with Crippen LogP contribution in [0.1, 0.15) is 22.7 Å². The molecule has 1 aromatic heterocycles. The van der Waals surface area contributed by atoms with E-state index in [0.717, 1.165) is 11.1 Å². The number of benzene rings is 3. The number of rotatable bonds is 13. The second-order valence-corrected chi connectivity index (χ2v) is 12.5. The number of carbonyl (C=O) groups is 2. The molecule has 1 aliphatic rings. The van der Waals surface area contributed by atoms with Gasteiger partial charge in [0.05, 0.1) is 25.2 Å². The van der Waals surface area contributed by atoms with Gasteiger partial charge in [-0.3, -0.25) is 14.6 Å². The number of morpholine rings is 1. The summed E-state index contributed by atoms with van der Waals surface area (Å²) < 4.78 is 43.8. The Kier molecular flexibility index (Phi) is 11.0. The summed E-state index contributed by atoms with van der Waals surface area (Å²) in [4.78, 5) is 33.5. The van der Waals surface area contributed by atoms with Crippen molar-refractivity contribution in [2.45, 2.75) is 24.0 Å². The van der Waals surface area contributed by atoms with Crippen molar-refractivity contribution in [3.8, 4) is 11.5 Å². The molecule has 0 radical (unpaired) electrons. The zero-order chi connectivity index (χ0) is 32.4. The van der Waals surface area contributed by atoms with E-state index in [2.05, 4.69) is 10.3 Å². The summed E-state index contributed by atoms with van der Waals surface area (Å²) in [5, 5.41) is 2.96. The van der Waals surface area contributed by atoms with Crippen LogP contribution in [0.15, 0.2) is 108 Å². The molecule has 5 rings (SSSR count). The number of carbonyl (C=O) groups excluding carboxylic acids is 2. The number of ether oxygens (including phenoxy) is 3. The van der Waals surface area contributed by atoms with E-state index < -0.39 is 22.0 Å². The summed E-state index contributed by atoms with van der Waals surface area (Å²) in [6.45, 7) is 1.24. The van der Waals surface area contributed by atoms with Gasteiger partial charge in [-0.05, 0) is 59.2 Å². The molecule has 0 aliphatic carbocycles. The Morgan fingerprint density at radius 1 is 0.913 bits per heavy atom. The van der Waals surface area contributed by atoms with E-state index >= 15 is 0 Å². The van der Waals surface area contributed by atoms with Crippen molar-refractivity contribution < 1.29 is 32.2 Å². The largest absolute Gasteiger partial charge is 0.497 e. The number of nitrogens with zero attached hydrogens (tertiary/aromatic N) is 3. The van der Waals surface area contributed by atoms with Crippen LogP contribution in [0, 0.1) is 0 Å². The van der Waals surface area contributed by atoms with Gasteiger partial charge in [0.15, 0.2) is 6.61 Å². The summed E-state index contributed by atoms with van der Waals surface area (Å²) in [5.74, 6) is 0.176. The van der Waals surface area contributed by atoms with Crippen LogP contribution < -0.4 is 14.8 Å². The molecule has 3 aromatic carbocycles.